The number of hydrogen-bond acceptors (Lipinski definition) is 8. The Morgan fingerprint density at radius 2 is 1.97 bits per heavy atom. The molecule has 4 aliphatic rings. The lowest BCUT2D eigenvalue weighted by molar-refractivity contribution is -0.134. The van der Waals surface area contributed by atoms with Gasteiger partial charge in [0.15, 0.2) is 5.75 Å². The van der Waals surface area contributed by atoms with Crippen LogP contribution in [0.4, 0.5) is 4.79 Å². The van der Waals surface area contributed by atoms with Gasteiger partial charge in [-0.15, -0.1) is 0 Å². The summed E-state index contributed by atoms with van der Waals surface area (Å²) in [4.78, 5) is 24.8. The van der Waals surface area contributed by atoms with E-state index in [0.29, 0.717) is 13.0 Å². The zero-order valence-corrected chi connectivity index (χ0v) is 20.8. The number of hydrogen-bond donors (Lipinski definition) is 2. The largest absolute Gasteiger partial charge is 0.480 e. The van der Waals surface area contributed by atoms with E-state index in [4.69, 9.17) is 24.1 Å². The number of carboxylic acid groups (broad SMARTS) is 1. The van der Waals surface area contributed by atoms with Gasteiger partial charge in [0.2, 0.25) is 10.0 Å². The summed E-state index contributed by atoms with van der Waals surface area (Å²) in [7, 11) is -2.34. The van der Waals surface area contributed by atoms with Crippen molar-refractivity contribution in [3.8, 4) is 0 Å². The molecule has 3 heterocycles. The maximum absolute atomic E-state index is 12.7. The number of carbonyl (C=O) groups is 2. The maximum Gasteiger partial charge on any atom is 0.410 e. The number of amides is 1. The van der Waals surface area contributed by atoms with Crippen molar-refractivity contribution < 1.29 is 42.1 Å². The fourth-order valence-corrected chi connectivity index (χ4v) is 6.50. The van der Waals surface area contributed by atoms with Crippen molar-refractivity contribution in [3.05, 3.63) is 11.6 Å². The molecule has 0 aromatic heterocycles. The second-order valence-corrected chi connectivity index (χ2v) is 11.9. The quantitative estimate of drug-likeness (QED) is 0.346. The van der Waals surface area contributed by atoms with Crippen molar-refractivity contribution in [1.29, 1.82) is 0 Å². The Morgan fingerprint density at radius 3 is 2.53 bits per heavy atom. The molecule has 1 saturated carbocycles. The van der Waals surface area contributed by atoms with Crippen LogP contribution in [0.25, 0.3) is 0 Å². The molecule has 0 aromatic rings. The summed E-state index contributed by atoms with van der Waals surface area (Å²) in [6.07, 6.45) is 2.92. The number of carbonyl (C=O) groups excluding carboxylic acids is 1. The Morgan fingerprint density at radius 1 is 1.29 bits per heavy atom. The first-order chi connectivity index (χ1) is 15.9. The van der Waals surface area contributed by atoms with E-state index in [2.05, 4.69) is 31.6 Å². The number of allylic oxidation sites excluding steroid dienone is 1. The Kier molecular flexibility index (Phi) is 6.75. The van der Waals surface area contributed by atoms with Crippen LogP contribution < -0.4 is 4.72 Å². The molecule has 2 N–H and O–H groups in total. The third-order valence-electron chi connectivity index (χ3n) is 7.29. The van der Waals surface area contributed by atoms with Crippen molar-refractivity contribution in [3.63, 3.8) is 0 Å². The molecule has 6 atom stereocenters. The summed E-state index contributed by atoms with van der Waals surface area (Å²) in [5.74, 6) is -2.53. The van der Waals surface area contributed by atoms with Crippen LogP contribution in [0.3, 0.4) is 0 Å². The lowest BCUT2D eigenvalue weighted by atomic mass is 9.68. The van der Waals surface area contributed by atoms with E-state index >= 15 is 0 Å². The van der Waals surface area contributed by atoms with E-state index < -0.39 is 51.7 Å². The van der Waals surface area contributed by atoms with E-state index in [1.807, 2.05) is 0 Å². The fourth-order valence-electron chi connectivity index (χ4n) is 5.43. The summed E-state index contributed by atoms with van der Waals surface area (Å²) in [5.41, 5.74) is 0.480. The van der Waals surface area contributed by atoms with Gasteiger partial charge in [-0.1, -0.05) is 11.6 Å². The van der Waals surface area contributed by atoms with Crippen molar-refractivity contribution >= 4 is 22.1 Å². The molecule has 0 unspecified atom stereocenters. The van der Waals surface area contributed by atoms with Crippen LogP contribution in [-0.4, -0.2) is 98.6 Å². The topological polar surface area (TPSA) is 147 Å². The number of rotatable bonds is 9. The second kappa shape index (κ2) is 9.05. The highest BCUT2D eigenvalue weighted by Crippen LogP contribution is 2.59. The summed E-state index contributed by atoms with van der Waals surface area (Å²) in [6, 6.07) is -0.535. The first kappa shape index (κ1) is 25.4. The van der Waals surface area contributed by atoms with Crippen LogP contribution >= 0.6 is 0 Å². The summed E-state index contributed by atoms with van der Waals surface area (Å²) in [6.45, 7) is 7.04. The van der Waals surface area contributed by atoms with Gasteiger partial charge in [-0.2, -0.15) is 0 Å². The molecular weight excluding hydrogens is 468 g/mol. The van der Waals surface area contributed by atoms with Crippen molar-refractivity contribution in [2.24, 2.45) is 5.92 Å². The van der Waals surface area contributed by atoms with Gasteiger partial charge in [-0.25, -0.2) is 17.9 Å². The summed E-state index contributed by atoms with van der Waals surface area (Å²) in [5, 5.41) is 8.68. The minimum Gasteiger partial charge on any atom is -0.480 e. The molecule has 192 valence electrons. The number of methoxy groups -OCH3 is 1. The first-order valence-corrected chi connectivity index (χ1v) is 13.2. The molecule has 1 aliphatic carbocycles. The van der Waals surface area contributed by atoms with E-state index in [1.54, 1.807) is 7.11 Å². The molecule has 34 heavy (non-hydrogen) atoms. The number of nitrogens with zero attached hydrogens (tertiary/aromatic N) is 1. The smallest absolute Gasteiger partial charge is 0.410 e. The van der Waals surface area contributed by atoms with Crippen LogP contribution in [0, 0.1) is 5.92 Å². The molecule has 4 rings (SSSR count). The number of sulfonamides is 1. The minimum absolute atomic E-state index is 0.0514. The molecule has 12 heteroatoms. The van der Waals surface area contributed by atoms with Crippen molar-refractivity contribution in [2.75, 3.05) is 32.6 Å². The van der Waals surface area contributed by atoms with Gasteiger partial charge < -0.3 is 29.0 Å². The van der Waals surface area contributed by atoms with Crippen molar-refractivity contribution in [2.45, 2.75) is 75.6 Å². The predicted octanol–water partition coefficient (Wildman–Crippen LogP) is 0.888. The average molecular weight is 503 g/mol. The minimum atomic E-state index is -3.95. The number of ether oxygens (including phenoxy) is 4. The maximum atomic E-state index is 12.7. The highest BCUT2D eigenvalue weighted by atomic mass is 32.2. The number of epoxide rings is 2. The van der Waals surface area contributed by atoms with Crippen LogP contribution in [0.2, 0.25) is 0 Å². The number of aliphatic carboxylic acids is 1. The molecule has 0 bridgehead atoms. The molecule has 0 radical (unpaired) electrons. The molecular formula is C22H34N2O9S. The first-order valence-electron chi connectivity index (χ1n) is 11.5. The Bertz CT molecular complexity index is 953. The van der Waals surface area contributed by atoms with Crippen LogP contribution in [0.5, 0.6) is 0 Å². The van der Waals surface area contributed by atoms with Gasteiger partial charge in [0.1, 0.15) is 23.4 Å². The highest BCUT2D eigenvalue weighted by Gasteiger charge is 2.72. The second-order valence-electron chi connectivity index (χ2n) is 10.2. The molecule has 1 amide bonds. The lowest BCUT2D eigenvalue weighted by Crippen LogP contribution is -2.62. The molecule has 4 fully saturated rings. The molecule has 3 aliphatic heterocycles. The van der Waals surface area contributed by atoms with Gasteiger partial charge >= 0.3 is 12.1 Å². The van der Waals surface area contributed by atoms with Gasteiger partial charge in [0.05, 0.1) is 24.7 Å². The SMILES string of the molecule is CO[C@@H]1[C@H](OC(=O)N2CC(NS(=O)(=O)CC(=O)O)C2)CC[C@]2(CO2)[C@H]1[C@@]1(C)O[C@@H]1CC=C(C)C. The highest BCUT2D eigenvalue weighted by molar-refractivity contribution is 7.90. The van der Waals surface area contributed by atoms with Crippen molar-refractivity contribution in [1.82, 2.24) is 9.62 Å². The lowest BCUT2D eigenvalue weighted by Gasteiger charge is -2.44. The van der Waals surface area contributed by atoms with E-state index in [9.17, 15) is 18.0 Å². The van der Waals surface area contributed by atoms with Crippen LogP contribution in [-0.2, 0) is 33.8 Å². The normalized spacial score (nSPS) is 37.1. The third-order valence-corrected chi connectivity index (χ3v) is 8.61. The average Bonchev–Trinajstić information content (AvgIpc) is 3.60. The third kappa shape index (κ3) is 5.11. The van der Waals surface area contributed by atoms with E-state index in [-0.39, 0.29) is 30.7 Å². The number of carboxylic acids is 1. The molecule has 1 spiro atoms. The monoisotopic (exact) mass is 502 g/mol. The van der Waals surface area contributed by atoms with Gasteiger partial charge in [-0.05, 0) is 40.0 Å². The molecule has 3 saturated heterocycles. The predicted molar refractivity (Wildman–Crippen MR) is 120 cm³/mol. The van der Waals surface area contributed by atoms with Crippen LogP contribution in [0.15, 0.2) is 11.6 Å². The zero-order valence-electron chi connectivity index (χ0n) is 20.0. The van der Waals surface area contributed by atoms with Gasteiger partial charge in [0, 0.05) is 20.2 Å². The molecule has 0 aromatic carbocycles. The fraction of sp³-hybridized carbons (Fsp3) is 0.818. The Hall–Kier alpha value is -1.73. The molecule has 11 nitrogen and oxygen atoms in total. The van der Waals surface area contributed by atoms with E-state index in [1.165, 1.54) is 10.5 Å². The summed E-state index contributed by atoms with van der Waals surface area (Å²) >= 11 is 0. The Balaban J connectivity index is 1.35. The van der Waals surface area contributed by atoms with Gasteiger partial charge in [0.25, 0.3) is 0 Å². The number of likely N-dealkylation sites (tertiary alicyclic amines) is 1. The van der Waals surface area contributed by atoms with E-state index in [0.717, 1.165) is 12.8 Å². The Labute approximate surface area is 199 Å². The number of nitrogens with one attached hydrogen (secondary N) is 1. The standard InChI is InChI=1S/C22H34N2O9S/c1-13(2)5-6-16-21(3,33-16)19-18(30-4)15(7-8-22(19)12-31-22)32-20(27)24-9-14(10-24)23-34(28,29)11-17(25)26/h5,14-16,18-19,23H,6-12H2,1-4H3,(H,25,26)/t15-,16-,18-,19-,21+,22+/m1/s1. The van der Waals surface area contributed by atoms with Gasteiger partial charge in [-0.3, -0.25) is 4.79 Å². The van der Waals surface area contributed by atoms with Crippen LogP contribution in [0.1, 0.15) is 40.0 Å². The zero-order chi connectivity index (χ0) is 24.9. The summed E-state index contributed by atoms with van der Waals surface area (Å²) < 4.78 is 49.6.